The summed E-state index contributed by atoms with van der Waals surface area (Å²) in [5, 5.41) is 0. The summed E-state index contributed by atoms with van der Waals surface area (Å²) in [6.45, 7) is 7.44. The number of rotatable bonds is 1. The molecule has 1 rings (SSSR count). The van der Waals surface area contributed by atoms with Gasteiger partial charge < -0.3 is 4.74 Å². The minimum atomic E-state index is -0.272. The van der Waals surface area contributed by atoms with Gasteiger partial charge in [0.1, 0.15) is 5.75 Å². The van der Waals surface area contributed by atoms with Gasteiger partial charge in [0, 0.05) is 6.92 Å². The van der Waals surface area contributed by atoms with Crippen LogP contribution in [0.3, 0.4) is 0 Å². The summed E-state index contributed by atoms with van der Waals surface area (Å²) < 4.78 is 5.04. The normalized spacial score (nSPS) is 9.85. The zero-order valence-corrected chi connectivity index (χ0v) is 8.47. The second kappa shape index (κ2) is 3.60. The fraction of sp³-hybridized carbons (Fsp3) is 0.364. The molecule has 70 valence electrons. The average Bonchev–Trinajstić information content (AvgIpc) is 2.06. The Morgan fingerprint density at radius 3 is 2.31 bits per heavy atom. The minimum Gasteiger partial charge on any atom is -0.426 e. The molecule has 13 heavy (non-hydrogen) atoms. The Labute approximate surface area is 78.5 Å². The number of ether oxygens (including phenoxy) is 1. The van der Waals surface area contributed by atoms with E-state index in [9.17, 15) is 4.79 Å². The second-order valence-electron chi connectivity index (χ2n) is 3.22. The summed E-state index contributed by atoms with van der Waals surface area (Å²) in [4.78, 5) is 10.7. The van der Waals surface area contributed by atoms with E-state index in [2.05, 4.69) is 0 Å². The SMILES string of the molecule is CC(=O)Oc1ccc(C)c(C)c1C. The lowest BCUT2D eigenvalue weighted by Gasteiger charge is -2.09. The van der Waals surface area contributed by atoms with E-state index < -0.39 is 0 Å². The molecular weight excluding hydrogens is 164 g/mol. The third-order valence-corrected chi connectivity index (χ3v) is 2.26. The summed E-state index contributed by atoms with van der Waals surface area (Å²) in [5.41, 5.74) is 3.43. The molecule has 0 fully saturated rings. The first kappa shape index (κ1) is 9.78. The third-order valence-electron chi connectivity index (χ3n) is 2.26. The number of aryl methyl sites for hydroxylation is 1. The molecule has 0 N–H and O–H groups in total. The molecule has 0 unspecified atom stereocenters. The highest BCUT2D eigenvalue weighted by Gasteiger charge is 2.05. The standard InChI is InChI=1S/C11H14O2/c1-7-5-6-11(13-10(4)12)9(3)8(7)2/h5-6H,1-4H3. The predicted octanol–water partition coefficient (Wildman–Crippen LogP) is 2.54. The van der Waals surface area contributed by atoms with E-state index in [1.165, 1.54) is 18.1 Å². The molecule has 1 aromatic carbocycles. The number of esters is 1. The van der Waals surface area contributed by atoms with Crippen molar-refractivity contribution in [1.29, 1.82) is 0 Å². The van der Waals surface area contributed by atoms with Crippen molar-refractivity contribution < 1.29 is 9.53 Å². The molecule has 0 saturated carbocycles. The van der Waals surface area contributed by atoms with Crippen LogP contribution in [-0.2, 0) is 4.79 Å². The maximum Gasteiger partial charge on any atom is 0.308 e. The van der Waals surface area contributed by atoms with Crippen molar-refractivity contribution in [1.82, 2.24) is 0 Å². The average molecular weight is 178 g/mol. The van der Waals surface area contributed by atoms with Crippen molar-refractivity contribution in [2.75, 3.05) is 0 Å². The largest absolute Gasteiger partial charge is 0.426 e. The van der Waals surface area contributed by atoms with Gasteiger partial charge in [-0.15, -0.1) is 0 Å². The number of carbonyl (C=O) groups excluding carboxylic acids is 1. The quantitative estimate of drug-likeness (QED) is 0.488. The van der Waals surface area contributed by atoms with Crippen molar-refractivity contribution in [2.45, 2.75) is 27.7 Å². The number of carbonyl (C=O) groups is 1. The van der Waals surface area contributed by atoms with Crippen LogP contribution in [0.1, 0.15) is 23.6 Å². The lowest BCUT2D eigenvalue weighted by Crippen LogP contribution is -2.03. The molecule has 0 spiro atoms. The zero-order valence-electron chi connectivity index (χ0n) is 8.47. The summed E-state index contributed by atoms with van der Waals surface area (Å²) >= 11 is 0. The van der Waals surface area contributed by atoms with Crippen molar-refractivity contribution >= 4 is 5.97 Å². The highest BCUT2D eigenvalue weighted by Crippen LogP contribution is 2.23. The van der Waals surface area contributed by atoms with Gasteiger partial charge in [0.2, 0.25) is 0 Å². The van der Waals surface area contributed by atoms with E-state index in [1.54, 1.807) is 0 Å². The fourth-order valence-electron chi connectivity index (χ4n) is 1.20. The Kier molecular flexibility index (Phi) is 2.71. The first-order valence-corrected chi connectivity index (χ1v) is 4.27. The van der Waals surface area contributed by atoms with Gasteiger partial charge in [-0.05, 0) is 43.5 Å². The number of hydrogen-bond donors (Lipinski definition) is 0. The molecule has 0 amide bonds. The van der Waals surface area contributed by atoms with Gasteiger partial charge in [-0.2, -0.15) is 0 Å². The van der Waals surface area contributed by atoms with E-state index in [1.807, 2.05) is 32.9 Å². The maximum absolute atomic E-state index is 10.7. The molecule has 0 aliphatic carbocycles. The van der Waals surface area contributed by atoms with Crippen LogP contribution in [-0.4, -0.2) is 5.97 Å². The monoisotopic (exact) mass is 178 g/mol. The Bertz CT molecular complexity index is 340. The van der Waals surface area contributed by atoms with Crippen LogP contribution in [0.25, 0.3) is 0 Å². The van der Waals surface area contributed by atoms with E-state index in [-0.39, 0.29) is 5.97 Å². The molecule has 0 aliphatic rings. The first-order chi connectivity index (χ1) is 6.02. The molecular formula is C11H14O2. The summed E-state index contributed by atoms with van der Waals surface area (Å²) in [5.74, 6) is 0.391. The van der Waals surface area contributed by atoms with Crippen molar-refractivity contribution in [2.24, 2.45) is 0 Å². The maximum atomic E-state index is 10.7. The molecule has 0 aliphatic heterocycles. The van der Waals surface area contributed by atoms with Gasteiger partial charge in [-0.25, -0.2) is 0 Å². The number of benzene rings is 1. The van der Waals surface area contributed by atoms with Gasteiger partial charge in [-0.1, -0.05) is 6.07 Å². The van der Waals surface area contributed by atoms with E-state index in [0.717, 1.165) is 5.56 Å². The van der Waals surface area contributed by atoms with Gasteiger partial charge in [0.05, 0.1) is 0 Å². The fourth-order valence-corrected chi connectivity index (χ4v) is 1.20. The van der Waals surface area contributed by atoms with Crippen LogP contribution >= 0.6 is 0 Å². The molecule has 0 heterocycles. The Hall–Kier alpha value is -1.31. The molecule has 0 atom stereocenters. The minimum absolute atomic E-state index is 0.272. The highest BCUT2D eigenvalue weighted by molar-refractivity contribution is 5.70. The van der Waals surface area contributed by atoms with Gasteiger partial charge >= 0.3 is 5.97 Å². The van der Waals surface area contributed by atoms with Gasteiger partial charge in [0.25, 0.3) is 0 Å². The zero-order chi connectivity index (χ0) is 10.0. The van der Waals surface area contributed by atoms with E-state index in [4.69, 9.17) is 4.74 Å². The second-order valence-corrected chi connectivity index (χ2v) is 3.22. The Morgan fingerprint density at radius 1 is 1.15 bits per heavy atom. The molecule has 0 radical (unpaired) electrons. The van der Waals surface area contributed by atoms with Crippen LogP contribution in [0.15, 0.2) is 12.1 Å². The van der Waals surface area contributed by atoms with Crippen molar-refractivity contribution in [3.05, 3.63) is 28.8 Å². The lowest BCUT2D eigenvalue weighted by molar-refractivity contribution is -0.131. The summed E-state index contributed by atoms with van der Waals surface area (Å²) in [6, 6.07) is 3.79. The topological polar surface area (TPSA) is 26.3 Å². The molecule has 0 saturated heterocycles. The van der Waals surface area contributed by atoms with E-state index in [0.29, 0.717) is 5.75 Å². The number of hydrogen-bond acceptors (Lipinski definition) is 2. The summed E-state index contributed by atoms with van der Waals surface area (Å²) in [7, 11) is 0. The van der Waals surface area contributed by atoms with Crippen LogP contribution in [0.2, 0.25) is 0 Å². The first-order valence-electron chi connectivity index (χ1n) is 4.27. The molecule has 0 aromatic heterocycles. The third kappa shape index (κ3) is 2.08. The Morgan fingerprint density at radius 2 is 1.77 bits per heavy atom. The van der Waals surface area contributed by atoms with E-state index >= 15 is 0 Å². The van der Waals surface area contributed by atoms with Crippen LogP contribution in [0.5, 0.6) is 5.75 Å². The van der Waals surface area contributed by atoms with Crippen LogP contribution in [0, 0.1) is 20.8 Å². The Balaban J connectivity index is 3.10. The highest BCUT2D eigenvalue weighted by atomic mass is 16.5. The van der Waals surface area contributed by atoms with Crippen LogP contribution in [0.4, 0.5) is 0 Å². The molecule has 2 heteroatoms. The van der Waals surface area contributed by atoms with Crippen molar-refractivity contribution in [3.8, 4) is 5.75 Å². The molecule has 2 nitrogen and oxygen atoms in total. The van der Waals surface area contributed by atoms with Gasteiger partial charge in [0.15, 0.2) is 0 Å². The smallest absolute Gasteiger partial charge is 0.308 e. The van der Waals surface area contributed by atoms with Crippen LogP contribution < -0.4 is 4.74 Å². The molecule has 1 aromatic rings. The lowest BCUT2D eigenvalue weighted by atomic mass is 10.0. The van der Waals surface area contributed by atoms with Gasteiger partial charge in [-0.3, -0.25) is 4.79 Å². The molecule has 0 bridgehead atoms. The predicted molar refractivity (Wildman–Crippen MR) is 52.0 cm³/mol. The summed E-state index contributed by atoms with van der Waals surface area (Å²) in [6.07, 6.45) is 0. The van der Waals surface area contributed by atoms with Crippen molar-refractivity contribution in [3.63, 3.8) is 0 Å².